The Bertz CT molecular complexity index is 1030. The second-order valence-corrected chi connectivity index (χ2v) is 9.68. The number of hydrogen-bond donors (Lipinski definition) is 1. The third kappa shape index (κ3) is 6.04. The molecular formula is C23H27Cl2N3O3S. The molecular weight excluding hydrogens is 469 g/mol. The number of piperidine rings is 1. The van der Waals surface area contributed by atoms with Crippen molar-refractivity contribution in [1.29, 1.82) is 0 Å². The summed E-state index contributed by atoms with van der Waals surface area (Å²) in [5.41, 5.74) is 1.34. The summed E-state index contributed by atoms with van der Waals surface area (Å²) in [5, 5.41) is 7.13. The lowest BCUT2D eigenvalue weighted by atomic mass is 9.95. The van der Waals surface area contributed by atoms with Crippen LogP contribution in [0.25, 0.3) is 10.6 Å². The Hall–Kier alpha value is -2.06. The van der Waals surface area contributed by atoms with Crippen LogP contribution in [0.1, 0.15) is 32.4 Å². The fourth-order valence-electron chi connectivity index (χ4n) is 3.70. The molecule has 1 N–H and O–H groups in total. The first-order valence-corrected chi connectivity index (χ1v) is 11.7. The third-order valence-electron chi connectivity index (χ3n) is 5.53. The van der Waals surface area contributed by atoms with Gasteiger partial charge in [0, 0.05) is 18.0 Å². The van der Waals surface area contributed by atoms with Crippen molar-refractivity contribution in [3.63, 3.8) is 0 Å². The van der Waals surface area contributed by atoms with E-state index in [0.29, 0.717) is 33.3 Å². The van der Waals surface area contributed by atoms with Crippen molar-refractivity contribution >= 4 is 46.9 Å². The van der Waals surface area contributed by atoms with E-state index in [1.54, 1.807) is 0 Å². The zero-order valence-electron chi connectivity index (χ0n) is 18.0. The van der Waals surface area contributed by atoms with E-state index in [1.165, 1.54) is 11.3 Å². The molecule has 0 atom stereocenters. The van der Waals surface area contributed by atoms with Gasteiger partial charge in [0.1, 0.15) is 18.1 Å². The lowest BCUT2D eigenvalue weighted by molar-refractivity contribution is -0.121. The van der Waals surface area contributed by atoms with Crippen LogP contribution in [0.3, 0.4) is 0 Å². The van der Waals surface area contributed by atoms with Gasteiger partial charge in [-0.15, -0.1) is 23.7 Å². The zero-order chi connectivity index (χ0) is 21.8. The first kappa shape index (κ1) is 24.6. The Balaban J connectivity index is 0.00000289. The van der Waals surface area contributed by atoms with Gasteiger partial charge in [-0.25, -0.2) is 0 Å². The van der Waals surface area contributed by atoms with Crippen LogP contribution >= 0.6 is 35.3 Å². The van der Waals surface area contributed by atoms with Gasteiger partial charge in [0.05, 0.1) is 14.9 Å². The number of thiophene rings is 1. The van der Waals surface area contributed by atoms with Crippen LogP contribution in [0.2, 0.25) is 4.34 Å². The Morgan fingerprint density at radius 3 is 2.72 bits per heavy atom. The van der Waals surface area contributed by atoms with Crippen molar-refractivity contribution in [2.45, 2.75) is 39.3 Å². The molecule has 6 nitrogen and oxygen atoms in total. The largest absolute Gasteiger partial charge is 0.485 e. The first-order valence-electron chi connectivity index (χ1n) is 10.5. The standard InChI is InChI=1S/C23H26ClN3O3S.ClH/c1-15(2)27-11-9-16(10-12-27)23(28)25-18-5-3-4-6-19(18)29-14-17-13-20(30-26-17)21-7-8-22(24)31-21;/h3-8,13,15-16H,9-12,14H2,1-2H3,(H,25,28);1H. The number of aromatic nitrogens is 1. The molecule has 1 amide bonds. The maximum atomic E-state index is 12.8. The maximum Gasteiger partial charge on any atom is 0.227 e. The van der Waals surface area contributed by atoms with Gasteiger partial charge in [-0.3, -0.25) is 4.79 Å². The molecule has 1 aliphatic heterocycles. The second kappa shape index (κ2) is 11.2. The minimum absolute atomic E-state index is 0. The highest BCUT2D eigenvalue weighted by atomic mass is 35.5. The number of nitrogens with one attached hydrogen (secondary N) is 1. The molecule has 172 valence electrons. The van der Waals surface area contributed by atoms with Crippen molar-refractivity contribution < 1.29 is 14.1 Å². The summed E-state index contributed by atoms with van der Waals surface area (Å²) in [4.78, 5) is 16.1. The highest BCUT2D eigenvalue weighted by molar-refractivity contribution is 7.19. The van der Waals surface area contributed by atoms with Gasteiger partial charge in [0.25, 0.3) is 0 Å². The highest BCUT2D eigenvalue weighted by Gasteiger charge is 2.26. The molecule has 4 rings (SSSR count). The number of likely N-dealkylation sites (tertiary alicyclic amines) is 1. The molecule has 9 heteroatoms. The molecule has 1 aliphatic rings. The van der Waals surface area contributed by atoms with E-state index < -0.39 is 0 Å². The normalized spacial score (nSPS) is 14.9. The van der Waals surface area contributed by atoms with Crippen molar-refractivity contribution in [2.24, 2.45) is 5.92 Å². The molecule has 2 aromatic heterocycles. The molecule has 32 heavy (non-hydrogen) atoms. The molecule has 1 fully saturated rings. The number of halogens is 2. The Morgan fingerprint density at radius 2 is 2.03 bits per heavy atom. The van der Waals surface area contributed by atoms with E-state index >= 15 is 0 Å². The van der Waals surface area contributed by atoms with E-state index in [-0.39, 0.29) is 30.8 Å². The molecule has 0 spiro atoms. The van der Waals surface area contributed by atoms with Crippen LogP contribution in [0.5, 0.6) is 5.75 Å². The maximum absolute atomic E-state index is 12.8. The van der Waals surface area contributed by atoms with E-state index in [2.05, 4.69) is 29.2 Å². The quantitative estimate of drug-likeness (QED) is 0.427. The van der Waals surface area contributed by atoms with Gasteiger partial charge < -0.3 is 19.5 Å². The number of para-hydroxylation sites is 2. The summed E-state index contributed by atoms with van der Waals surface area (Å²) in [6.07, 6.45) is 1.75. The van der Waals surface area contributed by atoms with Gasteiger partial charge in [-0.2, -0.15) is 0 Å². The number of benzene rings is 1. The monoisotopic (exact) mass is 495 g/mol. The fraction of sp³-hybridized carbons (Fsp3) is 0.391. The predicted octanol–water partition coefficient (Wildman–Crippen LogP) is 6.12. The third-order valence-corrected chi connectivity index (χ3v) is 6.77. The van der Waals surface area contributed by atoms with Gasteiger partial charge >= 0.3 is 0 Å². The molecule has 0 unspecified atom stereocenters. The van der Waals surface area contributed by atoms with Gasteiger partial charge in [0.15, 0.2) is 5.76 Å². The average Bonchev–Trinajstić information content (AvgIpc) is 3.42. The SMILES string of the molecule is CC(C)N1CCC(C(=O)Nc2ccccc2OCc2cc(-c3ccc(Cl)s3)on2)CC1.Cl. The lowest BCUT2D eigenvalue weighted by Gasteiger charge is -2.34. The van der Waals surface area contributed by atoms with Crippen molar-refractivity contribution in [2.75, 3.05) is 18.4 Å². The first-order chi connectivity index (χ1) is 15.0. The average molecular weight is 496 g/mol. The predicted molar refractivity (Wildman–Crippen MR) is 131 cm³/mol. The van der Waals surface area contributed by atoms with Crippen LogP contribution in [-0.4, -0.2) is 35.1 Å². The topological polar surface area (TPSA) is 67.6 Å². The number of hydrogen-bond acceptors (Lipinski definition) is 6. The van der Waals surface area contributed by atoms with Gasteiger partial charge in [-0.05, 0) is 64.0 Å². The Kier molecular flexibility index (Phi) is 8.59. The summed E-state index contributed by atoms with van der Waals surface area (Å²) < 4.78 is 12.0. The van der Waals surface area contributed by atoms with E-state index in [9.17, 15) is 4.79 Å². The smallest absolute Gasteiger partial charge is 0.227 e. The summed E-state index contributed by atoms with van der Waals surface area (Å²) in [5.74, 6) is 1.35. The molecule has 3 heterocycles. The van der Waals surface area contributed by atoms with Gasteiger partial charge in [0.2, 0.25) is 5.91 Å². The number of rotatable bonds is 7. The van der Waals surface area contributed by atoms with Crippen molar-refractivity contribution in [3.8, 4) is 16.4 Å². The molecule has 0 radical (unpaired) electrons. The number of amides is 1. The molecule has 1 aromatic carbocycles. The van der Waals surface area contributed by atoms with Gasteiger partial charge in [-0.1, -0.05) is 28.9 Å². The number of carbonyl (C=O) groups is 1. The highest BCUT2D eigenvalue weighted by Crippen LogP contribution is 2.32. The van der Waals surface area contributed by atoms with Crippen LogP contribution in [0.4, 0.5) is 5.69 Å². The summed E-state index contributed by atoms with van der Waals surface area (Å²) in [7, 11) is 0. The second-order valence-electron chi connectivity index (χ2n) is 7.96. The van der Waals surface area contributed by atoms with E-state index in [0.717, 1.165) is 30.8 Å². The summed E-state index contributed by atoms with van der Waals surface area (Å²) >= 11 is 7.42. The molecule has 1 saturated heterocycles. The number of anilines is 1. The van der Waals surface area contributed by atoms with Crippen LogP contribution in [-0.2, 0) is 11.4 Å². The lowest BCUT2D eigenvalue weighted by Crippen LogP contribution is -2.41. The minimum atomic E-state index is 0. The van der Waals surface area contributed by atoms with Crippen LogP contribution < -0.4 is 10.1 Å². The zero-order valence-corrected chi connectivity index (χ0v) is 20.4. The van der Waals surface area contributed by atoms with Crippen molar-refractivity contribution in [3.05, 3.63) is 52.5 Å². The van der Waals surface area contributed by atoms with Crippen LogP contribution in [0.15, 0.2) is 47.0 Å². The molecule has 3 aromatic rings. The Morgan fingerprint density at radius 1 is 1.28 bits per heavy atom. The molecule has 0 bridgehead atoms. The molecule has 0 saturated carbocycles. The van der Waals surface area contributed by atoms with E-state index in [4.69, 9.17) is 20.9 Å². The minimum Gasteiger partial charge on any atom is -0.485 e. The number of nitrogens with zero attached hydrogens (tertiary/aromatic N) is 2. The summed E-state index contributed by atoms with van der Waals surface area (Å²) in [6, 6.07) is 13.6. The van der Waals surface area contributed by atoms with Crippen molar-refractivity contribution in [1.82, 2.24) is 10.1 Å². The number of ether oxygens (including phenoxy) is 1. The van der Waals surface area contributed by atoms with E-state index in [1.807, 2.05) is 42.5 Å². The summed E-state index contributed by atoms with van der Waals surface area (Å²) in [6.45, 7) is 6.54. The van der Waals surface area contributed by atoms with Crippen LogP contribution in [0, 0.1) is 5.92 Å². The molecule has 0 aliphatic carbocycles. The number of carbonyl (C=O) groups excluding carboxylic acids is 1. The fourth-order valence-corrected chi connectivity index (χ4v) is 4.69. The Labute approximate surface area is 203 Å².